The quantitative estimate of drug-likeness (QED) is 0.710. The molecule has 0 saturated carbocycles. The van der Waals surface area contributed by atoms with Crippen molar-refractivity contribution in [3.8, 4) is 0 Å². The maximum Gasteiger partial charge on any atom is 0.190 e. The second-order valence-corrected chi connectivity index (χ2v) is 6.22. The lowest BCUT2D eigenvalue weighted by molar-refractivity contribution is 0.103. The molecule has 1 aliphatic rings. The average Bonchev–Trinajstić information content (AvgIpc) is 2.85. The predicted molar refractivity (Wildman–Crippen MR) is 78.4 cm³/mol. The van der Waals surface area contributed by atoms with Crippen molar-refractivity contribution in [3.63, 3.8) is 0 Å². The van der Waals surface area contributed by atoms with Gasteiger partial charge in [-0.2, -0.15) is 0 Å². The standard InChI is InChI=1S/C15H12OS2/c16-15-11(10-12-4-3-8-17-12)7-9-18-14-6-2-1-5-13(14)15/h1-6,8,10H,7,9H2/b11-10+. The number of hydrogen-bond donors (Lipinski definition) is 0. The van der Waals surface area contributed by atoms with Gasteiger partial charge in [0.05, 0.1) is 0 Å². The van der Waals surface area contributed by atoms with Crippen LogP contribution in [0.5, 0.6) is 0 Å². The fraction of sp³-hybridized carbons (Fsp3) is 0.133. The number of rotatable bonds is 1. The Kier molecular flexibility index (Phi) is 3.35. The van der Waals surface area contributed by atoms with Crippen LogP contribution >= 0.6 is 23.1 Å². The highest BCUT2D eigenvalue weighted by Crippen LogP contribution is 2.32. The molecule has 0 bridgehead atoms. The Labute approximate surface area is 115 Å². The van der Waals surface area contributed by atoms with Gasteiger partial charge >= 0.3 is 0 Å². The van der Waals surface area contributed by atoms with Crippen molar-refractivity contribution in [3.05, 3.63) is 57.8 Å². The zero-order valence-electron chi connectivity index (χ0n) is 9.76. The molecule has 1 aliphatic heterocycles. The molecule has 1 nitrogen and oxygen atoms in total. The molecule has 1 aromatic carbocycles. The molecule has 2 aromatic rings. The lowest BCUT2D eigenvalue weighted by Gasteiger charge is -2.03. The van der Waals surface area contributed by atoms with Crippen LogP contribution in [0.15, 0.2) is 52.2 Å². The largest absolute Gasteiger partial charge is 0.289 e. The summed E-state index contributed by atoms with van der Waals surface area (Å²) in [5.41, 5.74) is 1.78. The van der Waals surface area contributed by atoms with Crippen molar-refractivity contribution in [1.29, 1.82) is 0 Å². The molecule has 0 radical (unpaired) electrons. The van der Waals surface area contributed by atoms with E-state index in [2.05, 4.69) is 6.07 Å². The number of thioether (sulfide) groups is 1. The van der Waals surface area contributed by atoms with E-state index in [4.69, 9.17) is 0 Å². The number of allylic oxidation sites excluding steroid dienone is 1. The number of ketones is 1. The van der Waals surface area contributed by atoms with Gasteiger partial charge < -0.3 is 0 Å². The van der Waals surface area contributed by atoms with Gasteiger partial charge in [-0.1, -0.05) is 18.2 Å². The Morgan fingerprint density at radius 1 is 1.11 bits per heavy atom. The fourth-order valence-corrected chi connectivity index (χ4v) is 3.73. The molecule has 1 aromatic heterocycles. The van der Waals surface area contributed by atoms with Crippen molar-refractivity contribution in [2.75, 3.05) is 5.75 Å². The van der Waals surface area contributed by atoms with E-state index in [0.29, 0.717) is 0 Å². The summed E-state index contributed by atoms with van der Waals surface area (Å²) in [7, 11) is 0. The molecule has 2 heterocycles. The van der Waals surface area contributed by atoms with E-state index in [1.807, 2.05) is 41.8 Å². The molecular weight excluding hydrogens is 260 g/mol. The molecule has 0 saturated heterocycles. The molecular formula is C15H12OS2. The number of carbonyl (C=O) groups excluding carboxylic acids is 1. The van der Waals surface area contributed by atoms with E-state index in [1.54, 1.807) is 23.1 Å². The predicted octanol–water partition coefficient (Wildman–Crippen LogP) is 4.51. The SMILES string of the molecule is O=C1/C(=C/c2cccs2)CCSc2ccccc21. The van der Waals surface area contributed by atoms with E-state index in [-0.39, 0.29) is 5.78 Å². The smallest absolute Gasteiger partial charge is 0.190 e. The normalized spacial score (nSPS) is 17.6. The molecule has 3 heteroatoms. The van der Waals surface area contributed by atoms with E-state index in [9.17, 15) is 4.79 Å². The summed E-state index contributed by atoms with van der Waals surface area (Å²) in [6.45, 7) is 0. The minimum Gasteiger partial charge on any atom is -0.289 e. The Morgan fingerprint density at radius 3 is 2.83 bits per heavy atom. The zero-order valence-corrected chi connectivity index (χ0v) is 11.4. The van der Waals surface area contributed by atoms with Crippen LogP contribution in [0, 0.1) is 0 Å². The van der Waals surface area contributed by atoms with Crippen LogP contribution in [-0.2, 0) is 0 Å². The van der Waals surface area contributed by atoms with Crippen molar-refractivity contribution in [2.24, 2.45) is 0 Å². The summed E-state index contributed by atoms with van der Waals surface area (Å²) in [6.07, 6.45) is 2.88. The average molecular weight is 272 g/mol. The first-order valence-electron chi connectivity index (χ1n) is 5.85. The highest BCUT2D eigenvalue weighted by molar-refractivity contribution is 7.99. The first-order chi connectivity index (χ1) is 8.84. The third-order valence-electron chi connectivity index (χ3n) is 2.91. The van der Waals surface area contributed by atoms with E-state index in [0.717, 1.165) is 33.1 Å². The number of fused-ring (bicyclic) bond motifs is 1. The second kappa shape index (κ2) is 5.12. The Morgan fingerprint density at radius 2 is 2.00 bits per heavy atom. The molecule has 0 amide bonds. The van der Waals surface area contributed by atoms with Gasteiger partial charge in [0.2, 0.25) is 0 Å². The molecule has 3 rings (SSSR count). The van der Waals surface area contributed by atoms with Crippen LogP contribution < -0.4 is 0 Å². The molecule has 0 aliphatic carbocycles. The molecule has 0 spiro atoms. The molecule has 90 valence electrons. The number of thiophene rings is 1. The maximum absolute atomic E-state index is 12.5. The Bertz CT molecular complexity index is 597. The Hall–Kier alpha value is -1.32. The van der Waals surface area contributed by atoms with Crippen LogP contribution in [0.1, 0.15) is 21.7 Å². The first kappa shape index (κ1) is 11.8. The minimum absolute atomic E-state index is 0.184. The van der Waals surface area contributed by atoms with Gasteiger partial charge in [-0.25, -0.2) is 0 Å². The first-order valence-corrected chi connectivity index (χ1v) is 7.72. The number of Topliss-reactive ketones (excluding diaryl/α,β-unsaturated/α-hetero) is 1. The highest BCUT2D eigenvalue weighted by Gasteiger charge is 2.19. The third kappa shape index (κ3) is 2.28. The third-order valence-corrected chi connectivity index (χ3v) is 4.81. The molecule has 0 unspecified atom stereocenters. The van der Waals surface area contributed by atoms with Gasteiger partial charge in [0, 0.05) is 26.7 Å². The van der Waals surface area contributed by atoms with Gasteiger partial charge in [-0.15, -0.1) is 23.1 Å². The summed E-state index contributed by atoms with van der Waals surface area (Å²) in [5.74, 6) is 1.16. The van der Waals surface area contributed by atoms with E-state index >= 15 is 0 Å². The molecule has 0 fully saturated rings. The van der Waals surface area contributed by atoms with Gasteiger partial charge in [-0.05, 0) is 36.1 Å². The minimum atomic E-state index is 0.184. The number of carbonyl (C=O) groups is 1. The summed E-state index contributed by atoms with van der Waals surface area (Å²) in [4.78, 5) is 14.7. The lowest BCUT2D eigenvalue weighted by atomic mass is 10.0. The van der Waals surface area contributed by atoms with Crippen molar-refractivity contribution in [1.82, 2.24) is 0 Å². The van der Waals surface area contributed by atoms with Gasteiger partial charge in [0.15, 0.2) is 5.78 Å². The molecule has 0 atom stereocenters. The summed E-state index contributed by atoms with van der Waals surface area (Å²) in [5, 5.41) is 2.04. The Balaban J connectivity index is 2.02. The summed E-state index contributed by atoms with van der Waals surface area (Å²) in [6, 6.07) is 12.0. The molecule has 18 heavy (non-hydrogen) atoms. The molecule has 0 N–H and O–H groups in total. The number of benzene rings is 1. The highest BCUT2D eigenvalue weighted by atomic mass is 32.2. The zero-order chi connectivity index (χ0) is 12.4. The van der Waals surface area contributed by atoms with E-state index < -0.39 is 0 Å². The van der Waals surface area contributed by atoms with Crippen molar-refractivity contribution in [2.45, 2.75) is 11.3 Å². The van der Waals surface area contributed by atoms with Crippen molar-refractivity contribution < 1.29 is 4.79 Å². The van der Waals surface area contributed by atoms with Crippen LogP contribution in [0.25, 0.3) is 6.08 Å². The topological polar surface area (TPSA) is 17.1 Å². The van der Waals surface area contributed by atoms with Gasteiger partial charge in [0.25, 0.3) is 0 Å². The van der Waals surface area contributed by atoms with Crippen LogP contribution in [-0.4, -0.2) is 11.5 Å². The summed E-state index contributed by atoms with van der Waals surface area (Å²) < 4.78 is 0. The van der Waals surface area contributed by atoms with Crippen LogP contribution in [0.4, 0.5) is 0 Å². The summed E-state index contributed by atoms with van der Waals surface area (Å²) >= 11 is 3.44. The maximum atomic E-state index is 12.5. The van der Waals surface area contributed by atoms with Crippen molar-refractivity contribution >= 4 is 35.0 Å². The lowest BCUT2D eigenvalue weighted by Crippen LogP contribution is -2.02. The van der Waals surface area contributed by atoms with Crippen LogP contribution in [0.3, 0.4) is 0 Å². The van der Waals surface area contributed by atoms with E-state index in [1.165, 1.54) is 0 Å². The monoisotopic (exact) mass is 272 g/mol. The number of hydrogen-bond acceptors (Lipinski definition) is 3. The fourth-order valence-electron chi connectivity index (χ4n) is 2.02. The van der Waals surface area contributed by atoms with Gasteiger partial charge in [0.1, 0.15) is 0 Å². The van der Waals surface area contributed by atoms with Gasteiger partial charge in [-0.3, -0.25) is 4.79 Å². The second-order valence-electron chi connectivity index (χ2n) is 4.11. The van der Waals surface area contributed by atoms with Crippen LogP contribution in [0.2, 0.25) is 0 Å².